The highest BCUT2D eigenvalue weighted by Crippen LogP contribution is 2.24. The number of aliphatic hydroxyl groups is 1. The molecule has 0 aromatic heterocycles. The van der Waals surface area contributed by atoms with E-state index in [0.717, 1.165) is 19.6 Å². The maximum atomic E-state index is 9.52. The molecule has 0 aromatic rings. The number of hydrogen-bond acceptors (Lipinski definition) is 2. The lowest BCUT2D eigenvalue weighted by atomic mass is 10.1. The number of nitrogens with zero attached hydrogens (tertiary/aromatic N) is 1. The van der Waals surface area contributed by atoms with Gasteiger partial charge in [0, 0.05) is 12.6 Å². The highest BCUT2D eigenvalue weighted by molar-refractivity contribution is 8.13. The highest BCUT2D eigenvalue weighted by atomic mass is 32.2. The third kappa shape index (κ3) is 3.05. The zero-order valence-electron chi connectivity index (χ0n) is 9.42. The van der Waals surface area contributed by atoms with Crippen molar-refractivity contribution in [3.05, 3.63) is 0 Å². The van der Waals surface area contributed by atoms with Crippen LogP contribution in [0.1, 0.15) is 26.7 Å². The highest BCUT2D eigenvalue weighted by Gasteiger charge is 2.20. The summed E-state index contributed by atoms with van der Waals surface area (Å²) in [6.07, 6.45) is 4.53. The number of hydrogen-bond donors (Lipinski definition) is 2. The van der Waals surface area contributed by atoms with Crippen LogP contribution in [0, 0.1) is 0 Å². The van der Waals surface area contributed by atoms with Gasteiger partial charge in [0.15, 0.2) is 0 Å². The van der Waals surface area contributed by atoms with Crippen molar-refractivity contribution in [2.45, 2.75) is 32.7 Å². The van der Waals surface area contributed by atoms with Crippen LogP contribution in [0.4, 0.5) is 0 Å². The molecule has 1 fully saturated rings. The minimum atomic E-state index is -0.0793. The Morgan fingerprint density at radius 2 is 2.07 bits per heavy atom. The molecule has 1 aliphatic heterocycles. The van der Waals surface area contributed by atoms with Gasteiger partial charge in [-0.3, -0.25) is 4.31 Å². The maximum absolute atomic E-state index is 9.52. The van der Waals surface area contributed by atoms with Crippen molar-refractivity contribution >= 4 is 15.7 Å². The van der Waals surface area contributed by atoms with Crippen LogP contribution >= 0.6 is 10.7 Å². The second-order valence-corrected chi connectivity index (χ2v) is 5.73. The third-order valence-electron chi connectivity index (χ3n) is 2.81. The quantitative estimate of drug-likeness (QED) is 0.706. The van der Waals surface area contributed by atoms with Gasteiger partial charge in [-0.05, 0) is 39.1 Å². The molecule has 0 radical (unpaired) electrons. The van der Waals surface area contributed by atoms with Crippen LogP contribution in [-0.2, 0) is 0 Å². The van der Waals surface area contributed by atoms with Gasteiger partial charge >= 0.3 is 0 Å². The Kier molecular flexibility index (Phi) is 5.09. The van der Waals surface area contributed by atoms with Gasteiger partial charge in [0.25, 0.3) is 0 Å². The monoisotopic (exact) mass is 218 g/mol. The Balaban J connectivity index is 2.65. The third-order valence-corrected chi connectivity index (χ3v) is 4.92. The van der Waals surface area contributed by atoms with Gasteiger partial charge in [0.05, 0.1) is 5.05 Å². The van der Waals surface area contributed by atoms with Crippen LogP contribution in [0.2, 0.25) is 0 Å². The first-order valence-electron chi connectivity index (χ1n) is 5.32. The van der Waals surface area contributed by atoms with E-state index in [2.05, 4.69) is 22.8 Å². The van der Waals surface area contributed by atoms with Crippen LogP contribution in [-0.4, -0.2) is 46.4 Å². The summed E-state index contributed by atoms with van der Waals surface area (Å²) in [6, 6.07) is 0.650. The molecule has 0 aliphatic carbocycles. The molecule has 0 bridgehead atoms. The lowest BCUT2D eigenvalue weighted by Gasteiger charge is -2.35. The van der Waals surface area contributed by atoms with Gasteiger partial charge in [-0.1, -0.05) is 17.6 Å². The molecule has 2 N–H and O–H groups in total. The van der Waals surface area contributed by atoms with E-state index in [0.29, 0.717) is 11.1 Å². The smallest absolute Gasteiger partial charge is 0.0824 e. The second kappa shape index (κ2) is 5.85. The zero-order chi connectivity index (χ0) is 10.6. The molecule has 1 saturated heterocycles. The van der Waals surface area contributed by atoms with Gasteiger partial charge in [-0.25, -0.2) is 0 Å². The Morgan fingerprint density at radius 3 is 2.50 bits per heavy atom. The van der Waals surface area contributed by atoms with Crippen molar-refractivity contribution in [2.24, 2.45) is 0 Å². The van der Waals surface area contributed by atoms with E-state index in [4.69, 9.17) is 0 Å². The number of nitrogens with one attached hydrogen (secondary N) is 1. The molecule has 0 spiro atoms. The molecule has 0 saturated carbocycles. The van der Waals surface area contributed by atoms with Crippen molar-refractivity contribution in [1.29, 1.82) is 0 Å². The standard InChI is InChI=1S/C10H22N2OS/c1-4-12(14(3)9(2)13)10-5-7-11-8-6-10/h10-11,13H,4-8H2,1-3H3. The second-order valence-electron chi connectivity index (χ2n) is 3.71. The number of aliphatic hydroxyl groups excluding tert-OH is 1. The summed E-state index contributed by atoms with van der Waals surface area (Å²) in [5, 5.41) is 13.5. The number of rotatable bonds is 3. The Morgan fingerprint density at radius 1 is 1.50 bits per heavy atom. The predicted molar refractivity (Wildman–Crippen MR) is 65.1 cm³/mol. The zero-order valence-corrected chi connectivity index (χ0v) is 10.2. The fourth-order valence-electron chi connectivity index (χ4n) is 1.94. The molecule has 1 aliphatic rings. The SMILES string of the molecule is CCN(C1CCNCC1)/S(C)=C(/C)O. The van der Waals surface area contributed by atoms with E-state index >= 15 is 0 Å². The van der Waals surface area contributed by atoms with Crippen molar-refractivity contribution in [3.63, 3.8) is 0 Å². The predicted octanol–water partition coefficient (Wildman–Crippen LogP) is 1.58. The van der Waals surface area contributed by atoms with Gasteiger partial charge in [-0.15, -0.1) is 0 Å². The van der Waals surface area contributed by atoms with Crippen molar-refractivity contribution in [3.8, 4) is 0 Å². The van der Waals surface area contributed by atoms with E-state index in [1.54, 1.807) is 0 Å². The minimum absolute atomic E-state index is 0.0793. The lowest BCUT2D eigenvalue weighted by Crippen LogP contribution is -2.40. The maximum Gasteiger partial charge on any atom is 0.0824 e. The van der Waals surface area contributed by atoms with Crippen molar-refractivity contribution < 1.29 is 5.11 Å². The molecular formula is C10H22N2OS. The minimum Gasteiger partial charge on any atom is -0.358 e. The fourth-order valence-corrected chi connectivity index (χ4v) is 3.32. The molecule has 1 unspecified atom stereocenters. The van der Waals surface area contributed by atoms with E-state index in [1.165, 1.54) is 12.8 Å². The average molecular weight is 218 g/mol. The first-order valence-corrected chi connectivity index (χ1v) is 6.91. The molecule has 3 nitrogen and oxygen atoms in total. The van der Waals surface area contributed by atoms with Crippen LogP contribution in [0.3, 0.4) is 0 Å². The van der Waals surface area contributed by atoms with Crippen molar-refractivity contribution in [1.82, 2.24) is 9.62 Å². The summed E-state index contributed by atoms with van der Waals surface area (Å²) < 4.78 is 2.43. The summed E-state index contributed by atoms with van der Waals surface area (Å²) in [5.41, 5.74) is 0. The average Bonchev–Trinajstić information content (AvgIpc) is 2.20. The Bertz CT molecular complexity index is 208. The van der Waals surface area contributed by atoms with Gasteiger partial charge in [0.1, 0.15) is 0 Å². The lowest BCUT2D eigenvalue weighted by molar-refractivity contribution is 0.291. The van der Waals surface area contributed by atoms with E-state index in [1.807, 2.05) is 6.92 Å². The van der Waals surface area contributed by atoms with Crippen LogP contribution in [0.5, 0.6) is 0 Å². The van der Waals surface area contributed by atoms with Gasteiger partial charge in [-0.2, -0.15) is 0 Å². The molecular weight excluding hydrogens is 196 g/mol. The Hall–Kier alpha value is 0.1000. The van der Waals surface area contributed by atoms with Crippen molar-refractivity contribution in [2.75, 3.05) is 25.9 Å². The van der Waals surface area contributed by atoms with Gasteiger partial charge in [0.2, 0.25) is 0 Å². The van der Waals surface area contributed by atoms with Crippen LogP contribution in [0.25, 0.3) is 0 Å². The summed E-state index contributed by atoms with van der Waals surface area (Å²) in [4.78, 5) is 0. The molecule has 0 amide bonds. The molecule has 14 heavy (non-hydrogen) atoms. The fraction of sp³-hybridized carbons (Fsp3) is 0.900. The van der Waals surface area contributed by atoms with E-state index in [9.17, 15) is 5.11 Å². The Labute approximate surface area is 89.6 Å². The summed E-state index contributed by atoms with van der Waals surface area (Å²) >= 11 is 0. The molecule has 4 heteroatoms. The normalized spacial score (nSPS) is 22.5. The molecule has 1 atom stereocenters. The van der Waals surface area contributed by atoms with Crippen LogP contribution in [0.15, 0.2) is 0 Å². The van der Waals surface area contributed by atoms with E-state index in [-0.39, 0.29) is 10.7 Å². The molecule has 0 aromatic carbocycles. The summed E-state index contributed by atoms with van der Waals surface area (Å²) in [7, 11) is -0.0793. The number of piperidine rings is 1. The van der Waals surface area contributed by atoms with E-state index < -0.39 is 0 Å². The molecule has 1 rings (SSSR count). The first kappa shape index (κ1) is 12.2. The first-order chi connectivity index (χ1) is 6.66. The summed E-state index contributed by atoms with van der Waals surface area (Å²) in [6.45, 7) is 7.25. The molecule has 1 heterocycles. The van der Waals surface area contributed by atoms with Gasteiger partial charge < -0.3 is 10.4 Å². The largest absolute Gasteiger partial charge is 0.358 e. The summed E-state index contributed by atoms with van der Waals surface area (Å²) in [5.74, 6) is 0. The molecule has 84 valence electrons. The topological polar surface area (TPSA) is 35.5 Å². The van der Waals surface area contributed by atoms with Crippen LogP contribution < -0.4 is 5.32 Å².